The van der Waals surface area contributed by atoms with E-state index in [1.165, 1.54) is 23.1 Å². The number of nitrogens with one attached hydrogen (secondary N) is 2. The number of carbonyl (C=O) groups is 2. The van der Waals surface area contributed by atoms with Crippen molar-refractivity contribution >= 4 is 45.7 Å². The molecular weight excluding hydrogens is 446 g/mol. The standard InChI is InChI=1S/C23H25N3O4S2/c1-14-5-7-16(8-6-14)24-21(27)13-31-15(2)22(28)26-23-25-19(12-32-23)18-11-17(29-3)9-10-20(18)30-4/h5-12,15H,13H2,1-4H3,(H,24,27)(H,25,26,28). The van der Waals surface area contributed by atoms with Gasteiger partial charge in [-0.25, -0.2) is 4.98 Å². The summed E-state index contributed by atoms with van der Waals surface area (Å²) >= 11 is 2.59. The summed E-state index contributed by atoms with van der Waals surface area (Å²) in [4.78, 5) is 29.2. The molecule has 0 spiro atoms. The number of hydrogen-bond acceptors (Lipinski definition) is 7. The number of aromatic nitrogens is 1. The van der Waals surface area contributed by atoms with Crippen LogP contribution < -0.4 is 20.1 Å². The van der Waals surface area contributed by atoms with Crippen LogP contribution in [0.5, 0.6) is 11.5 Å². The van der Waals surface area contributed by atoms with Gasteiger partial charge in [0, 0.05) is 16.6 Å². The summed E-state index contributed by atoms with van der Waals surface area (Å²) in [7, 11) is 3.19. The number of anilines is 2. The van der Waals surface area contributed by atoms with Crippen LogP contribution in [0.15, 0.2) is 47.8 Å². The van der Waals surface area contributed by atoms with Gasteiger partial charge < -0.3 is 20.1 Å². The highest BCUT2D eigenvalue weighted by molar-refractivity contribution is 8.01. The lowest BCUT2D eigenvalue weighted by molar-refractivity contribution is -0.115. The van der Waals surface area contributed by atoms with Crippen molar-refractivity contribution in [1.29, 1.82) is 0 Å². The number of nitrogens with zero attached hydrogens (tertiary/aromatic N) is 1. The lowest BCUT2D eigenvalue weighted by atomic mass is 10.1. The second-order valence-corrected chi connectivity index (χ2v) is 9.15. The van der Waals surface area contributed by atoms with Crippen molar-refractivity contribution in [1.82, 2.24) is 4.98 Å². The van der Waals surface area contributed by atoms with Crippen LogP contribution in [0.1, 0.15) is 12.5 Å². The number of rotatable bonds is 9. The first-order valence-corrected chi connectivity index (χ1v) is 11.8. The minimum Gasteiger partial charge on any atom is -0.497 e. The van der Waals surface area contributed by atoms with Crippen LogP contribution in [0.2, 0.25) is 0 Å². The summed E-state index contributed by atoms with van der Waals surface area (Å²) in [5, 5.41) is 7.56. The van der Waals surface area contributed by atoms with E-state index in [1.807, 2.05) is 54.8 Å². The van der Waals surface area contributed by atoms with Gasteiger partial charge in [-0.2, -0.15) is 0 Å². The molecule has 0 aliphatic carbocycles. The summed E-state index contributed by atoms with van der Waals surface area (Å²) in [6.07, 6.45) is 0. The third kappa shape index (κ3) is 6.24. The zero-order chi connectivity index (χ0) is 23.1. The van der Waals surface area contributed by atoms with Gasteiger partial charge in [-0.1, -0.05) is 17.7 Å². The number of amides is 2. The number of thioether (sulfide) groups is 1. The first-order chi connectivity index (χ1) is 15.4. The lowest BCUT2D eigenvalue weighted by Gasteiger charge is -2.11. The monoisotopic (exact) mass is 471 g/mol. The Hall–Kier alpha value is -3.04. The van der Waals surface area contributed by atoms with Crippen LogP contribution in [-0.4, -0.2) is 42.0 Å². The number of carbonyl (C=O) groups excluding carboxylic acids is 2. The molecule has 1 unspecified atom stereocenters. The average molecular weight is 472 g/mol. The van der Waals surface area contributed by atoms with Crippen molar-refractivity contribution in [2.24, 2.45) is 0 Å². The Morgan fingerprint density at radius 2 is 1.84 bits per heavy atom. The van der Waals surface area contributed by atoms with Gasteiger partial charge in [-0.15, -0.1) is 23.1 Å². The molecule has 0 saturated heterocycles. The summed E-state index contributed by atoms with van der Waals surface area (Å²) in [6, 6.07) is 13.0. The summed E-state index contributed by atoms with van der Waals surface area (Å²) < 4.78 is 10.7. The van der Waals surface area contributed by atoms with E-state index < -0.39 is 5.25 Å². The summed E-state index contributed by atoms with van der Waals surface area (Å²) in [5.41, 5.74) is 3.32. The number of thiazole rings is 1. The molecule has 1 heterocycles. The summed E-state index contributed by atoms with van der Waals surface area (Å²) in [5.74, 6) is 1.16. The molecule has 0 aliphatic rings. The van der Waals surface area contributed by atoms with Crippen molar-refractivity contribution < 1.29 is 19.1 Å². The Labute approximate surface area is 195 Å². The largest absolute Gasteiger partial charge is 0.497 e. The van der Waals surface area contributed by atoms with Gasteiger partial charge in [0.1, 0.15) is 11.5 Å². The van der Waals surface area contributed by atoms with Crippen molar-refractivity contribution in [3.05, 3.63) is 53.4 Å². The summed E-state index contributed by atoms with van der Waals surface area (Å²) in [6.45, 7) is 3.75. The molecule has 0 saturated carbocycles. The van der Waals surface area contributed by atoms with E-state index in [-0.39, 0.29) is 17.6 Å². The van der Waals surface area contributed by atoms with Crippen LogP contribution in [0.3, 0.4) is 0 Å². The highest BCUT2D eigenvalue weighted by Crippen LogP contribution is 2.35. The first kappa shape index (κ1) is 23.6. The van der Waals surface area contributed by atoms with Crippen LogP contribution in [0.4, 0.5) is 10.8 Å². The maximum absolute atomic E-state index is 12.5. The van der Waals surface area contributed by atoms with Gasteiger partial charge >= 0.3 is 0 Å². The van der Waals surface area contributed by atoms with E-state index in [2.05, 4.69) is 15.6 Å². The first-order valence-electron chi connectivity index (χ1n) is 9.86. The molecular formula is C23H25N3O4S2. The Morgan fingerprint density at radius 3 is 2.53 bits per heavy atom. The minimum absolute atomic E-state index is 0.153. The fraction of sp³-hybridized carbons (Fsp3) is 0.261. The predicted octanol–water partition coefficient (Wildman–Crippen LogP) is 4.83. The third-order valence-corrected chi connectivity index (χ3v) is 6.49. The molecule has 7 nitrogen and oxygen atoms in total. The minimum atomic E-state index is -0.419. The van der Waals surface area contributed by atoms with E-state index in [0.717, 1.165) is 16.8 Å². The van der Waals surface area contributed by atoms with Gasteiger partial charge in [0.05, 0.1) is 30.9 Å². The molecule has 9 heteroatoms. The fourth-order valence-electron chi connectivity index (χ4n) is 2.79. The van der Waals surface area contributed by atoms with E-state index in [1.54, 1.807) is 21.1 Å². The Kier molecular flexibility index (Phi) is 8.13. The molecule has 2 aromatic carbocycles. The molecule has 3 rings (SSSR count). The molecule has 32 heavy (non-hydrogen) atoms. The van der Waals surface area contributed by atoms with Crippen molar-refractivity contribution in [3.8, 4) is 22.8 Å². The van der Waals surface area contributed by atoms with Crippen LogP contribution >= 0.6 is 23.1 Å². The van der Waals surface area contributed by atoms with E-state index in [0.29, 0.717) is 22.3 Å². The second-order valence-electron chi connectivity index (χ2n) is 6.96. The van der Waals surface area contributed by atoms with Gasteiger partial charge in [-0.3, -0.25) is 9.59 Å². The van der Waals surface area contributed by atoms with Gasteiger partial charge in [0.2, 0.25) is 11.8 Å². The molecule has 0 fully saturated rings. The van der Waals surface area contributed by atoms with E-state index in [4.69, 9.17) is 9.47 Å². The van der Waals surface area contributed by atoms with E-state index >= 15 is 0 Å². The smallest absolute Gasteiger partial charge is 0.239 e. The lowest BCUT2D eigenvalue weighted by Crippen LogP contribution is -2.25. The maximum atomic E-state index is 12.5. The SMILES string of the molecule is COc1ccc(OC)c(-c2csc(NC(=O)C(C)SCC(=O)Nc3ccc(C)cc3)n2)c1. The quantitative estimate of drug-likeness (QED) is 0.464. The van der Waals surface area contributed by atoms with Crippen molar-refractivity contribution in [2.45, 2.75) is 19.1 Å². The van der Waals surface area contributed by atoms with Crippen LogP contribution in [-0.2, 0) is 9.59 Å². The van der Waals surface area contributed by atoms with E-state index in [9.17, 15) is 9.59 Å². The molecule has 3 aromatic rings. The van der Waals surface area contributed by atoms with Crippen LogP contribution in [0.25, 0.3) is 11.3 Å². The molecule has 0 aliphatic heterocycles. The Balaban J connectivity index is 1.55. The highest BCUT2D eigenvalue weighted by Gasteiger charge is 2.18. The van der Waals surface area contributed by atoms with Crippen molar-refractivity contribution in [3.63, 3.8) is 0 Å². The number of methoxy groups -OCH3 is 2. The Bertz CT molecular complexity index is 1080. The number of aryl methyl sites for hydroxylation is 1. The van der Waals surface area contributed by atoms with Crippen molar-refractivity contribution in [2.75, 3.05) is 30.6 Å². The van der Waals surface area contributed by atoms with Gasteiger partial charge in [0.15, 0.2) is 5.13 Å². The van der Waals surface area contributed by atoms with Crippen LogP contribution in [0, 0.1) is 6.92 Å². The second kappa shape index (κ2) is 11.0. The topological polar surface area (TPSA) is 89.5 Å². The van der Waals surface area contributed by atoms with Gasteiger partial charge in [0.25, 0.3) is 0 Å². The zero-order valence-electron chi connectivity index (χ0n) is 18.3. The van der Waals surface area contributed by atoms with Gasteiger partial charge in [-0.05, 0) is 44.2 Å². The average Bonchev–Trinajstić information content (AvgIpc) is 3.26. The molecule has 168 valence electrons. The predicted molar refractivity (Wildman–Crippen MR) is 131 cm³/mol. The Morgan fingerprint density at radius 1 is 1.09 bits per heavy atom. The number of hydrogen-bond donors (Lipinski definition) is 2. The highest BCUT2D eigenvalue weighted by atomic mass is 32.2. The number of benzene rings is 2. The number of ether oxygens (including phenoxy) is 2. The maximum Gasteiger partial charge on any atom is 0.239 e. The molecule has 1 aromatic heterocycles. The molecule has 0 radical (unpaired) electrons. The third-order valence-electron chi connectivity index (χ3n) is 4.59. The fourth-order valence-corrected chi connectivity index (χ4v) is 4.18. The molecule has 2 N–H and O–H groups in total. The zero-order valence-corrected chi connectivity index (χ0v) is 19.9. The normalized spacial score (nSPS) is 11.5. The molecule has 0 bridgehead atoms. The molecule has 2 amide bonds. The molecule has 1 atom stereocenters.